The van der Waals surface area contributed by atoms with Gasteiger partial charge in [-0.3, -0.25) is 9.78 Å². The van der Waals surface area contributed by atoms with Crippen molar-refractivity contribution in [3.8, 4) is 0 Å². The molecule has 0 spiro atoms. The van der Waals surface area contributed by atoms with Crippen molar-refractivity contribution in [3.63, 3.8) is 0 Å². The standard InChI is InChI=1S/C19H19N5O2/c1-2-13(18-21-14-7-3-4-8-15(14)22-18)23-19(25)17-10-16(24-26-17)12-6-5-9-20-11-12/h3-9,11,13,17H,2,10H2,1H3,(H,21,22)(H,23,25)/t13-,17+/m1/s1. The number of hydrogen-bond donors (Lipinski definition) is 2. The monoisotopic (exact) mass is 349 g/mol. The van der Waals surface area contributed by atoms with E-state index in [9.17, 15) is 4.79 Å². The van der Waals surface area contributed by atoms with Crippen LogP contribution >= 0.6 is 0 Å². The number of hydrogen-bond acceptors (Lipinski definition) is 5. The summed E-state index contributed by atoms with van der Waals surface area (Å²) in [6.07, 6.45) is 3.92. The first kappa shape index (κ1) is 16.3. The number of nitrogens with zero attached hydrogens (tertiary/aromatic N) is 3. The molecule has 0 radical (unpaired) electrons. The molecule has 2 atom stereocenters. The summed E-state index contributed by atoms with van der Waals surface area (Å²) in [4.78, 5) is 29.9. The fourth-order valence-corrected chi connectivity index (χ4v) is 2.99. The van der Waals surface area contributed by atoms with Gasteiger partial charge in [0, 0.05) is 24.4 Å². The highest BCUT2D eigenvalue weighted by atomic mass is 16.6. The summed E-state index contributed by atoms with van der Waals surface area (Å²) in [5.41, 5.74) is 3.44. The smallest absolute Gasteiger partial charge is 0.264 e. The summed E-state index contributed by atoms with van der Waals surface area (Å²) in [5.74, 6) is 0.549. The molecule has 132 valence electrons. The van der Waals surface area contributed by atoms with E-state index in [1.165, 1.54) is 0 Å². The van der Waals surface area contributed by atoms with Crippen LogP contribution in [0.15, 0.2) is 53.9 Å². The van der Waals surface area contributed by atoms with Crippen LogP contribution in [0, 0.1) is 0 Å². The van der Waals surface area contributed by atoms with Gasteiger partial charge in [-0.05, 0) is 30.7 Å². The first-order valence-corrected chi connectivity index (χ1v) is 8.62. The Morgan fingerprint density at radius 3 is 3.00 bits per heavy atom. The number of rotatable bonds is 5. The minimum atomic E-state index is -0.636. The summed E-state index contributed by atoms with van der Waals surface area (Å²) in [7, 11) is 0. The van der Waals surface area contributed by atoms with E-state index in [0.717, 1.165) is 28.1 Å². The average Bonchev–Trinajstić information content (AvgIpc) is 3.33. The maximum absolute atomic E-state index is 12.6. The molecule has 3 heterocycles. The van der Waals surface area contributed by atoms with Gasteiger partial charge in [-0.15, -0.1) is 0 Å². The third-order valence-electron chi connectivity index (χ3n) is 4.42. The van der Waals surface area contributed by atoms with Crippen molar-refractivity contribution in [2.24, 2.45) is 5.16 Å². The van der Waals surface area contributed by atoms with Crippen molar-refractivity contribution >= 4 is 22.7 Å². The number of pyridine rings is 1. The molecule has 0 aliphatic carbocycles. The SMILES string of the molecule is CC[C@@H](NC(=O)[C@@H]1CC(c2cccnc2)=NO1)c1nc2ccccc2[nH]1. The number of carbonyl (C=O) groups is 1. The number of carbonyl (C=O) groups excluding carboxylic acids is 1. The molecule has 1 amide bonds. The first-order chi connectivity index (χ1) is 12.7. The van der Waals surface area contributed by atoms with E-state index in [1.807, 2.05) is 43.3 Å². The third kappa shape index (κ3) is 3.15. The molecule has 0 saturated carbocycles. The predicted octanol–water partition coefficient (Wildman–Crippen LogP) is 2.72. The zero-order valence-corrected chi connectivity index (χ0v) is 14.3. The van der Waals surface area contributed by atoms with Gasteiger partial charge in [0.2, 0.25) is 6.10 Å². The molecular formula is C19H19N5O2. The Bertz CT molecular complexity index is 918. The molecule has 0 bridgehead atoms. The summed E-state index contributed by atoms with van der Waals surface area (Å²) in [6.45, 7) is 2.01. The Labute approximate surface area is 150 Å². The van der Waals surface area contributed by atoms with Crippen molar-refractivity contribution in [2.75, 3.05) is 0 Å². The Morgan fingerprint density at radius 2 is 2.23 bits per heavy atom. The van der Waals surface area contributed by atoms with Crippen LogP contribution in [-0.4, -0.2) is 32.7 Å². The number of H-pyrrole nitrogens is 1. The van der Waals surface area contributed by atoms with Crippen LogP contribution < -0.4 is 5.32 Å². The van der Waals surface area contributed by atoms with E-state index in [-0.39, 0.29) is 11.9 Å². The van der Waals surface area contributed by atoms with Crippen LogP contribution in [0.5, 0.6) is 0 Å². The number of aromatic nitrogens is 3. The minimum Gasteiger partial charge on any atom is -0.382 e. The van der Waals surface area contributed by atoms with Gasteiger partial charge >= 0.3 is 0 Å². The number of para-hydroxylation sites is 2. The van der Waals surface area contributed by atoms with Crippen molar-refractivity contribution in [1.82, 2.24) is 20.3 Å². The Morgan fingerprint density at radius 1 is 1.35 bits per heavy atom. The van der Waals surface area contributed by atoms with Gasteiger partial charge in [0.25, 0.3) is 5.91 Å². The molecule has 7 nitrogen and oxygen atoms in total. The third-order valence-corrected chi connectivity index (χ3v) is 4.42. The van der Waals surface area contributed by atoms with Crippen molar-refractivity contribution in [1.29, 1.82) is 0 Å². The van der Waals surface area contributed by atoms with E-state index in [4.69, 9.17) is 4.84 Å². The van der Waals surface area contributed by atoms with E-state index >= 15 is 0 Å². The van der Waals surface area contributed by atoms with Crippen molar-refractivity contribution < 1.29 is 9.63 Å². The van der Waals surface area contributed by atoms with Gasteiger partial charge < -0.3 is 15.1 Å². The fourth-order valence-electron chi connectivity index (χ4n) is 2.99. The largest absolute Gasteiger partial charge is 0.382 e. The molecule has 1 aromatic carbocycles. The maximum atomic E-state index is 12.6. The molecule has 0 unspecified atom stereocenters. The molecule has 2 N–H and O–H groups in total. The van der Waals surface area contributed by atoms with E-state index in [0.29, 0.717) is 12.8 Å². The lowest BCUT2D eigenvalue weighted by atomic mass is 10.1. The predicted molar refractivity (Wildman–Crippen MR) is 97.5 cm³/mol. The van der Waals surface area contributed by atoms with Crippen LogP contribution in [-0.2, 0) is 9.63 Å². The molecule has 26 heavy (non-hydrogen) atoms. The topological polar surface area (TPSA) is 92.3 Å². The molecule has 1 aliphatic rings. The number of oxime groups is 1. The summed E-state index contributed by atoms with van der Waals surface area (Å²) in [6, 6.07) is 11.3. The molecule has 0 saturated heterocycles. The van der Waals surface area contributed by atoms with Gasteiger partial charge in [0.1, 0.15) is 5.82 Å². The Hall–Kier alpha value is -3.22. The molecule has 1 aliphatic heterocycles. The van der Waals surface area contributed by atoms with Crippen molar-refractivity contribution in [2.45, 2.75) is 31.9 Å². The summed E-state index contributed by atoms with van der Waals surface area (Å²) >= 11 is 0. The van der Waals surface area contributed by atoms with Gasteiger partial charge in [-0.25, -0.2) is 4.98 Å². The van der Waals surface area contributed by atoms with Crippen LogP contribution in [0.1, 0.15) is 37.2 Å². The highest BCUT2D eigenvalue weighted by Crippen LogP contribution is 2.21. The number of fused-ring (bicyclic) bond motifs is 1. The highest BCUT2D eigenvalue weighted by molar-refractivity contribution is 6.03. The van der Waals surface area contributed by atoms with E-state index in [2.05, 4.69) is 25.4 Å². The summed E-state index contributed by atoms with van der Waals surface area (Å²) in [5, 5.41) is 7.05. The van der Waals surface area contributed by atoms with E-state index in [1.54, 1.807) is 12.4 Å². The van der Waals surface area contributed by atoms with Gasteiger partial charge in [0.05, 0.1) is 22.8 Å². The second kappa shape index (κ2) is 6.95. The number of nitrogens with one attached hydrogen (secondary N) is 2. The molecule has 2 aromatic heterocycles. The molecule has 0 fully saturated rings. The lowest BCUT2D eigenvalue weighted by molar-refractivity contribution is -0.132. The second-order valence-corrected chi connectivity index (χ2v) is 6.19. The van der Waals surface area contributed by atoms with Crippen molar-refractivity contribution in [3.05, 3.63) is 60.2 Å². The zero-order chi connectivity index (χ0) is 17.9. The fraction of sp³-hybridized carbons (Fsp3) is 0.263. The van der Waals surface area contributed by atoms with Crippen LogP contribution in [0.4, 0.5) is 0 Å². The quantitative estimate of drug-likeness (QED) is 0.741. The molecule has 7 heteroatoms. The Balaban J connectivity index is 1.44. The van der Waals surface area contributed by atoms with Crippen LogP contribution in [0.3, 0.4) is 0 Å². The lowest BCUT2D eigenvalue weighted by Gasteiger charge is -2.16. The molecule has 4 rings (SSSR count). The zero-order valence-electron chi connectivity index (χ0n) is 14.3. The number of imidazole rings is 1. The molecule has 3 aromatic rings. The van der Waals surface area contributed by atoms with Crippen LogP contribution in [0.25, 0.3) is 11.0 Å². The van der Waals surface area contributed by atoms with Gasteiger partial charge in [0.15, 0.2) is 0 Å². The minimum absolute atomic E-state index is 0.194. The highest BCUT2D eigenvalue weighted by Gasteiger charge is 2.30. The number of benzene rings is 1. The van der Waals surface area contributed by atoms with Crippen LogP contribution in [0.2, 0.25) is 0 Å². The van der Waals surface area contributed by atoms with E-state index < -0.39 is 6.10 Å². The second-order valence-electron chi connectivity index (χ2n) is 6.19. The average molecular weight is 349 g/mol. The first-order valence-electron chi connectivity index (χ1n) is 8.62. The normalized spacial score (nSPS) is 17.6. The molecular weight excluding hydrogens is 330 g/mol. The summed E-state index contributed by atoms with van der Waals surface area (Å²) < 4.78 is 0. The maximum Gasteiger partial charge on any atom is 0.264 e. The number of amides is 1. The lowest BCUT2D eigenvalue weighted by Crippen LogP contribution is -2.37. The van der Waals surface area contributed by atoms with Gasteiger partial charge in [-0.2, -0.15) is 0 Å². The Kier molecular flexibility index (Phi) is 4.35. The van der Waals surface area contributed by atoms with Gasteiger partial charge in [-0.1, -0.05) is 24.2 Å². The number of aromatic amines is 1.